The molecule has 1 N–H and O–H groups in total. The lowest BCUT2D eigenvalue weighted by molar-refractivity contribution is -0.385. The topological polar surface area (TPSA) is 97.9 Å². The number of phenols is 1. The number of hydrogen-bond donors (Lipinski definition) is 1. The fraction of sp³-hybridized carbons (Fsp3) is 0.176. The maximum atomic E-state index is 11.0. The summed E-state index contributed by atoms with van der Waals surface area (Å²) in [5.74, 6) is -0.184. The number of aromatic hydroxyl groups is 1. The summed E-state index contributed by atoms with van der Waals surface area (Å²) in [6, 6.07) is 6.49. The van der Waals surface area contributed by atoms with E-state index in [1.165, 1.54) is 30.7 Å². The smallest absolute Gasteiger partial charge is 0.274 e. The molecule has 0 spiro atoms. The van der Waals surface area contributed by atoms with E-state index in [1.54, 1.807) is 0 Å². The molecular formula is C17H15N3O4S. The minimum atomic E-state index is -0.552. The van der Waals surface area contributed by atoms with Crippen LogP contribution in [0, 0.1) is 24.0 Å². The largest absolute Gasteiger partial charge is 0.504 e. The summed E-state index contributed by atoms with van der Waals surface area (Å²) in [7, 11) is 1.33. The lowest BCUT2D eigenvalue weighted by Gasteiger charge is -2.05. The summed E-state index contributed by atoms with van der Waals surface area (Å²) < 4.78 is 6.00. The molecule has 0 saturated heterocycles. The molecule has 0 unspecified atom stereocenters. The molecule has 0 fully saturated rings. The maximum absolute atomic E-state index is 11.0. The first-order valence-corrected chi connectivity index (χ1v) is 8.18. The Morgan fingerprint density at radius 1 is 1.32 bits per heavy atom. The van der Waals surface area contributed by atoms with Gasteiger partial charge in [-0.1, -0.05) is 17.4 Å². The number of thiazole rings is 1. The van der Waals surface area contributed by atoms with Gasteiger partial charge in [-0.25, -0.2) is 9.98 Å². The van der Waals surface area contributed by atoms with Crippen LogP contribution in [0.1, 0.15) is 16.7 Å². The van der Waals surface area contributed by atoms with E-state index >= 15 is 0 Å². The molecule has 0 radical (unpaired) electrons. The monoisotopic (exact) mass is 357 g/mol. The van der Waals surface area contributed by atoms with Crippen molar-refractivity contribution in [2.75, 3.05) is 7.11 Å². The quantitative estimate of drug-likeness (QED) is 0.427. The molecule has 128 valence electrons. The number of aliphatic imine (C=N–C) groups is 1. The number of fused-ring (bicyclic) bond motifs is 1. The van der Waals surface area contributed by atoms with Gasteiger partial charge in [-0.15, -0.1) is 0 Å². The van der Waals surface area contributed by atoms with E-state index < -0.39 is 4.92 Å². The van der Waals surface area contributed by atoms with E-state index in [-0.39, 0.29) is 22.7 Å². The minimum Gasteiger partial charge on any atom is -0.504 e. The number of rotatable bonds is 4. The van der Waals surface area contributed by atoms with Crippen LogP contribution in [0.2, 0.25) is 0 Å². The van der Waals surface area contributed by atoms with Crippen molar-refractivity contribution in [3.63, 3.8) is 0 Å². The predicted octanol–water partition coefficient (Wildman–Crippen LogP) is 4.29. The number of nitrogens with zero attached hydrogens (tertiary/aromatic N) is 3. The summed E-state index contributed by atoms with van der Waals surface area (Å²) in [5, 5.41) is 21.7. The van der Waals surface area contributed by atoms with Crippen LogP contribution >= 0.6 is 11.3 Å². The molecule has 1 heterocycles. The number of methoxy groups -OCH3 is 1. The van der Waals surface area contributed by atoms with Crippen molar-refractivity contribution < 1.29 is 14.8 Å². The summed E-state index contributed by atoms with van der Waals surface area (Å²) in [5.41, 5.74) is 3.09. The molecule has 0 atom stereocenters. The Bertz CT molecular complexity index is 1010. The van der Waals surface area contributed by atoms with Crippen molar-refractivity contribution >= 4 is 38.6 Å². The normalized spacial score (nSPS) is 11.3. The lowest BCUT2D eigenvalue weighted by atomic mass is 10.1. The van der Waals surface area contributed by atoms with Crippen molar-refractivity contribution in [3.8, 4) is 11.5 Å². The van der Waals surface area contributed by atoms with Crippen molar-refractivity contribution in [3.05, 3.63) is 51.1 Å². The Labute approximate surface area is 147 Å². The first kappa shape index (κ1) is 16.8. The van der Waals surface area contributed by atoms with Crippen molar-refractivity contribution in [2.24, 2.45) is 4.99 Å². The van der Waals surface area contributed by atoms with Gasteiger partial charge in [0.1, 0.15) is 0 Å². The number of phenolic OH excluding ortho intramolecular Hbond substituents is 1. The zero-order valence-electron chi connectivity index (χ0n) is 13.8. The molecule has 8 heteroatoms. The molecular weight excluding hydrogens is 342 g/mol. The third-order valence-corrected chi connectivity index (χ3v) is 4.56. The first-order valence-electron chi connectivity index (χ1n) is 7.36. The first-order chi connectivity index (χ1) is 11.9. The number of non-ortho nitro benzene ring substituents is 1. The number of aryl methyl sites for hydroxylation is 2. The van der Waals surface area contributed by atoms with E-state index in [4.69, 9.17) is 4.74 Å². The second kappa shape index (κ2) is 6.48. The second-order valence-corrected chi connectivity index (χ2v) is 6.54. The Hall–Kier alpha value is -3.00. The molecule has 3 aromatic rings. The highest BCUT2D eigenvalue weighted by Gasteiger charge is 2.16. The van der Waals surface area contributed by atoms with E-state index in [2.05, 4.69) is 9.98 Å². The third kappa shape index (κ3) is 3.29. The summed E-state index contributed by atoms with van der Waals surface area (Å²) in [6.45, 7) is 4.00. The summed E-state index contributed by atoms with van der Waals surface area (Å²) in [6.07, 6.45) is 1.35. The summed E-state index contributed by atoms with van der Waals surface area (Å²) >= 11 is 1.42. The summed E-state index contributed by atoms with van der Waals surface area (Å²) in [4.78, 5) is 19.2. The van der Waals surface area contributed by atoms with Crippen molar-refractivity contribution in [1.29, 1.82) is 0 Å². The van der Waals surface area contributed by atoms with E-state index in [9.17, 15) is 15.2 Å². The highest BCUT2D eigenvalue weighted by Crippen LogP contribution is 2.35. The zero-order valence-corrected chi connectivity index (χ0v) is 14.6. The van der Waals surface area contributed by atoms with Crippen LogP contribution in [0.5, 0.6) is 11.5 Å². The van der Waals surface area contributed by atoms with Gasteiger partial charge in [-0.05, 0) is 31.0 Å². The Morgan fingerprint density at radius 2 is 2.08 bits per heavy atom. The van der Waals surface area contributed by atoms with Crippen LogP contribution in [0.15, 0.2) is 29.3 Å². The molecule has 0 aliphatic rings. The van der Waals surface area contributed by atoms with Gasteiger partial charge in [0.05, 0.1) is 28.3 Å². The molecule has 25 heavy (non-hydrogen) atoms. The van der Waals surface area contributed by atoms with Crippen LogP contribution < -0.4 is 4.74 Å². The van der Waals surface area contributed by atoms with Crippen LogP contribution in [-0.2, 0) is 0 Å². The van der Waals surface area contributed by atoms with Crippen LogP contribution in [-0.4, -0.2) is 28.3 Å². The number of hydrogen-bond acceptors (Lipinski definition) is 7. The average molecular weight is 357 g/mol. The highest BCUT2D eigenvalue weighted by molar-refractivity contribution is 7.22. The van der Waals surface area contributed by atoms with Gasteiger partial charge in [0, 0.05) is 17.8 Å². The van der Waals surface area contributed by atoms with Gasteiger partial charge >= 0.3 is 0 Å². The van der Waals surface area contributed by atoms with Crippen LogP contribution in [0.3, 0.4) is 0 Å². The van der Waals surface area contributed by atoms with Crippen LogP contribution in [0.25, 0.3) is 10.2 Å². The number of nitro groups is 1. The van der Waals surface area contributed by atoms with Gasteiger partial charge in [-0.2, -0.15) is 0 Å². The third-order valence-electron chi connectivity index (χ3n) is 3.65. The maximum Gasteiger partial charge on any atom is 0.274 e. The minimum absolute atomic E-state index is 0.0198. The molecule has 0 aliphatic carbocycles. The molecule has 0 aliphatic heterocycles. The molecule has 7 nitrogen and oxygen atoms in total. The lowest BCUT2D eigenvalue weighted by Crippen LogP contribution is -1.94. The average Bonchev–Trinajstić information content (AvgIpc) is 2.96. The van der Waals surface area contributed by atoms with E-state index in [0.29, 0.717) is 5.13 Å². The fourth-order valence-electron chi connectivity index (χ4n) is 2.51. The molecule has 1 aromatic heterocycles. The number of benzene rings is 2. The standard InChI is InChI=1S/C17H15N3O4S/c1-9-4-10(2)15-14(5-9)25-17(19-15)18-8-11-6-12(20(22)23)7-13(24-3)16(11)21/h4-8,21H,1-3H3/b18-8+. The molecule has 2 aromatic carbocycles. The van der Waals surface area contributed by atoms with Crippen LogP contribution in [0.4, 0.5) is 10.8 Å². The Balaban J connectivity index is 2.03. The Kier molecular flexibility index (Phi) is 4.37. The second-order valence-electron chi connectivity index (χ2n) is 5.53. The number of ether oxygens (including phenoxy) is 1. The van der Waals surface area contributed by atoms with Gasteiger partial charge in [0.25, 0.3) is 5.69 Å². The molecule has 0 amide bonds. The highest BCUT2D eigenvalue weighted by atomic mass is 32.1. The van der Waals surface area contributed by atoms with Gasteiger partial charge in [-0.3, -0.25) is 10.1 Å². The number of nitro benzene ring substituents is 1. The number of aromatic nitrogens is 1. The zero-order chi connectivity index (χ0) is 18.1. The molecule has 0 bridgehead atoms. The predicted molar refractivity (Wildman–Crippen MR) is 97.7 cm³/mol. The van der Waals surface area contributed by atoms with Gasteiger partial charge in [0.15, 0.2) is 11.5 Å². The van der Waals surface area contributed by atoms with Gasteiger partial charge in [0.2, 0.25) is 5.13 Å². The van der Waals surface area contributed by atoms with Crippen molar-refractivity contribution in [2.45, 2.75) is 13.8 Å². The Morgan fingerprint density at radius 3 is 2.76 bits per heavy atom. The van der Waals surface area contributed by atoms with Gasteiger partial charge < -0.3 is 9.84 Å². The SMILES string of the molecule is COc1cc([N+](=O)[O-])cc(/C=N/c2nc3c(C)cc(C)cc3s2)c1O. The molecule has 3 rings (SSSR count). The van der Waals surface area contributed by atoms with E-state index in [0.717, 1.165) is 27.4 Å². The molecule has 0 saturated carbocycles. The van der Waals surface area contributed by atoms with E-state index in [1.807, 2.05) is 26.0 Å². The van der Waals surface area contributed by atoms with Crippen molar-refractivity contribution in [1.82, 2.24) is 4.98 Å². The fourth-order valence-corrected chi connectivity index (χ4v) is 3.50.